The van der Waals surface area contributed by atoms with Crippen LogP contribution in [0.4, 0.5) is 5.82 Å². The van der Waals surface area contributed by atoms with Crippen LogP contribution in [0.2, 0.25) is 0 Å². The number of nitrogens with zero attached hydrogens (tertiary/aromatic N) is 1. The lowest BCUT2D eigenvalue weighted by atomic mass is 9.88. The van der Waals surface area contributed by atoms with Crippen molar-refractivity contribution in [2.45, 2.75) is 27.2 Å². The summed E-state index contributed by atoms with van der Waals surface area (Å²) in [6.07, 6.45) is 0.781. The van der Waals surface area contributed by atoms with Gasteiger partial charge in [-0.3, -0.25) is 0 Å². The van der Waals surface area contributed by atoms with E-state index >= 15 is 0 Å². The van der Waals surface area contributed by atoms with Crippen molar-refractivity contribution < 1.29 is 9.26 Å². The molecule has 1 heterocycles. The van der Waals surface area contributed by atoms with Gasteiger partial charge in [0.2, 0.25) is 0 Å². The zero-order valence-corrected chi connectivity index (χ0v) is 11.9. The highest BCUT2D eigenvalue weighted by Gasteiger charge is 2.21. The summed E-state index contributed by atoms with van der Waals surface area (Å²) in [4.78, 5) is 0. The van der Waals surface area contributed by atoms with E-state index in [1.165, 1.54) is 0 Å². The highest BCUT2D eigenvalue weighted by atomic mass is 16.5. The third kappa shape index (κ3) is 3.08. The molecule has 0 saturated heterocycles. The molecule has 0 saturated carbocycles. The number of aromatic nitrogens is 1. The first kappa shape index (κ1) is 13.5. The number of nitrogen functional groups attached to an aromatic ring is 1. The molecule has 0 amide bonds. The first-order valence-corrected chi connectivity index (χ1v) is 6.29. The van der Waals surface area contributed by atoms with E-state index in [0.717, 1.165) is 29.1 Å². The molecule has 0 unspecified atom stereocenters. The van der Waals surface area contributed by atoms with Crippen molar-refractivity contribution in [3.8, 4) is 16.9 Å². The molecule has 2 rings (SSSR count). The van der Waals surface area contributed by atoms with Crippen LogP contribution in [-0.4, -0.2) is 12.3 Å². The Hall–Kier alpha value is -1.97. The standard InChI is InChI=1S/C15H20N2O2/c1-15(2,3)9-12-13(14(16)17-19-12)10-6-5-7-11(8-10)18-4/h5-8H,9H2,1-4H3,(H2,16,17). The molecule has 0 spiro atoms. The summed E-state index contributed by atoms with van der Waals surface area (Å²) in [5.41, 5.74) is 7.89. The minimum atomic E-state index is 0.111. The predicted octanol–water partition coefficient (Wildman–Crippen LogP) is 3.52. The molecule has 2 N–H and O–H groups in total. The fourth-order valence-electron chi connectivity index (χ4n) is 2.03. The summed E-state index contributed by atoms with van der Waals surface area (Å²) in [7, 11) is 1.64. The van der Waals surface area contributed by atoms with Crippen molar-refractivity contribution >= 4 is 5.82 Å². The molecule has 1 aromatic heterocycles. The minimum Gasteiger partial charge on any atom is -0.497 e. The van der Waals surface area contributed by atoms with Gasteiger partial charge in [-0.05, 0) is 23.1 Å². The highest BCUT2D eigenvalue weighted by Crippen LogP contribution is 2.34. The molecule has 1 aromatic carbocycles. The average molecular weight is 260 g/mol. The SMILES string of the molecule is COc1cccc(-c2c(N)noc2CC(C)(C)C)c1. The van der Waals surface area contributed by atoms with Crippen molar-refractivity contribution in [1.29, 1.82) is 0 Å². The van der Waals surface area contributed by atoms with Crippen LogP contribution in [0.3, 0.4) is 0 Å². The van der Waals surface area contributed by atoms with Crippen LogP contribution in [-0.2, 0) is 6.42 Å². The molecular formula is C15H20N2O2. The van der Waals surface area contributed by atoms with Gasteiger partial charge in [-0.25, -0.2) is 0 Å². The number of hydrogen-bond acceptors (Lipinski definition) is 4. The van der Waals surface area contributed by atoms with Crippen LogP contribution in [0.5, 0.6) is 5.75 Å². The minimum absolute atomic E-state index is 0.111. The summed E-state index contributed by atoms with van der Waals surface area (Å²) in [6.45, 7) is 6.46. The molecule has 0 bridgehead atoms. The van der Waals surface area contributed by atoms with E-state index in [2.05, 4.69) is 25.9 Å². The van der Waals surface area contributed by atoms with Gasteiger partial charge in [0, 0.05) is 6.42 Å². The molecule has 2 aromatic rings. The quantitative estimate of drug-likeness (QED) is 0.917. The van der Waals surface area contributed by atoms with E-state index < -0.39 is 0 Å². The van der Waals surface area contributed by atoms with E-state index in [1.807, 2.05) is 24.3 Å². The number of ether oxygens (including phenoxy) is 1. The van der Waals surface area contributed by atoms with Crippen molar-refractivity contribution in [3.05, 3.63) is 30.0 Å². The molecule has 102 valence electrons. The van der Waals surface area contributed by atoms with Crippen molar-refractivity contribution in [3.63, 3.8) is 0 Å². The maximum atomic E-state index is 5.94. The smallest absolute Gasteiger partial charge is 0.175 e. The van der Waals surface area contributed by atoms with Gasteiger partial charge in [-0.1, -0.05) is 38.1 Å². The lowest BCUT2D eigenvalue weighted by molar-refractivity contribution is 0.322. The zero-order valence-electron chi connectivity index (χ0n) is 11.9. The third-order valence-corrected chi connectivity index (χ3v) is 2.84. The number of methoxy groups -OCH3 is 1. The first-order chi connectivity index (χ1) is 8.90. The molecule has 0 aliphatic rings. The maximum Gasteiger partial charge on any atom is 0.175 e. The summed E-state index contributed by atoms with van der Waals surface area (Å²) in [6, 6.07) is 7.75. The number of nitrogens with two attached hydrogens (primary N) is 1. The topological polar surface area (TPSA) is 61.3 Å². The van der Waals surface area contributed by atoms with E-state index in [-0.39, 0.29) is 5.41 Å². The first-order valence-electron chi connectivity index (χ1n) is 6.29. The predicted molar refractivity (Wildman–Crippen MR) is 76.1 cm³/mol. The van der Waals surface area contributed by atoms with Gasteiger partial charge in [0.05, 0.1) is 12.7 Å². The Kier molecular flexibility index (Phi) is 3.51. The van der Waals surface area contributed by atoms with Crippen molar-refractivity contribution in [2.24, 2.45) is 5.41 Å². The normalized spacial score (nSPS) is 11.6. The Morgan fingerprint density at radius 3 is 2.68 bits per heavy atom. The van der Waals surface area contributed by atoms with E-state index in [1.54, 1.807) is 7.11 Å². The highest BCUT2D eigenvalue weighted by molar-refractivity contribution is 5.76. The Morgan fingerprint density at radius 2 is 2.05 bits per heavy atom. The van der Waals surface area contributed by atoms with Crippen molar-refractivity contribution in [2.75, 3.05) is 12.8 Å². The Morgan fingerprint density at radius 1 is 1.32 bits per heavy atom. The van der Waals surface area contributed by atoms with Gasteiger partial charge in [-0.2, -0.15) is 0 Å². The van der Waals surface area contributed by atoms with Gasteiger partial charge in [0.15, 0.2) is 5.82 Å². The summed E-state index contributed by atoms with van der Waals surface area (Å²) in [5.74, 6) is 2.03. The van der Waals surface area contributed by atoms with Crippen LogP contribution >= 0.6 is 0 Å². The molecule has 4 nitrogen and oxygen atoms in total. The van der Waals surface area contributed by atoms with Gasteiger partial charge in [0.25, 0.3) is 0 Å². The zero-order chi connectivity index (χ0) is 14.0. The van der Waals surface area contributed by atoms with Gasteiger partial charge < -0.3 is 15.0 Å². The lowest BCUT2D eigenvalue weighted by Crippen LogP contribution is -2.09. The number of hydrogen-bond donors (Lipinski definition) is 1. The molecule has 0 aliphatic heterocycles. The van der Waals surface area contributed by atoms with Crippen molar-refractivity contribution in [1.82, 2.24) is 5.16 Å². The number of benzene rings is 1. The molecule has 19 heavy (non-hydrogen) atoms. The van der Waals surface area contributed by atoms with Crippen LogP contribution in [0.1, 0.15) is 26.5 Å². The lowest BCUT2D eigenvalue weighted by Gasteiger charge is -2.16. The number of rotatable bonds is 3. The fraction of sp³-hybridized carbons (Fsp3) is 0.400. The molecule has 0 radical (unpaired) electrons. The van der Waals surface area contributed by atoms with Crippen LogP contribution < -0.4 is 10.5 Å². The van der Waals surface area contributed by atoms with E-state index in [4.69, 9.17) is 15.0 Å². The number of anilines is 1. The summed E-state index contributed by atoms with van der Waals surface area (Å²) < 4.78 is 10.6. The van der Waals surface area contributed by atoms with Gasteiger partial charge in [0.1, 0.15) is 11.5 Å². The molecule has 4 heteroatoms. The van der Waals surface area contributed by atoms with Gasteiger partial charge >= 0.3 is 0 Å². The second-order valence-electron chi connectivity index (χ2n) is 5.84. The Balaban J connectivity index is 2.46. The molecule has 0 fully saturated rings. The summed E-state index contributed by atoms with van der Waals surface area (Å²) >= 11 is 0. The largest absolute Gasteiger partial charge is 0.497 e. The Labute approximate surface area is 113 Å². The van der Waals surface area contributed by atoms with Crippen LogP contribution in [0.15, 0.2) is 28.8 Å². The van der Waals surface area contributed by atoms with Crippen LogP contribution in [0.25, 0.3) is 11.1 Å². The van der Waals surface area contributed by atoms with Gasteiger partial charge in [-0.15, -0.1) is 0 Å². The molecular weight excluding hydrogens is 240 g/mol. The fourth-order valence-corrected chi connectivity index (χ4v) is 2.03. The van der Waals surface area contributed by atoms with E-state index in [0.29, 0.717) is 5.82 Å². The Bertz CT molecular complexity index is 568. The van der Waals surface area contributed by atoms with E-state index in [9.17, 15) is 0 Å². The second-order valence-corrected chi connectivity index (χ2v) is 5.84. The molecule has 0 aliphatic carbocycles. The monoisotopic (exact) mass is 260 g/mol. The maximum absolute atomic E-state index is 5.94. The van der Waals surface area contributed by atoms with Crippen LogP contribution in [0, 0.1) is 5.41 Å². The summed E-state index contributed by atoms with van der Waals surface area (Å²) in [5, 5.41) is 3.89. The average Bonchev–Trinajstić information content (AvgIpc) is 2.68. The second kappa shape index (κ2) is 4.96. The third-order valence-electron chi connectivity index (χ3n) is 2.84. The molecule has 0 atom stereocenters.